The first kappa shape index (κ1) is 19.9. The number of fused-ring (bicyclic) bond motifs is 1. The van der Waals surface area contributed by atoms with Crippen molar-refractivity contribution in [2.45, 2.75) is 18.4 Å². The highest BCUT2D eigenvalue weighted by Gasteiger charge is 2.39. The van der Waals surface area contributed by atoms with Crippen LogP contribution in [0.15, 0.2) is 52.5 Å². The first-order chi connectivity index (χ1) is 13.9. The number of carbonyl (C=O) groups is 1. The molecule has 2 aromatic carbocycles. The minimum Gasteiger partial charge on any atom is -0.378 e. The van der Waals surface area contributed by atoms with Crippen LogP contribution in [0.3, 0.4) is 0 Å². The lowest BCUT2D eigenvalue weighted by Gasteiger charge is -2.31. The zero-order valence-electron chi connectivity index (χ0n) is 15.8. The first-order valence-electron chi connectivity index (χ1n) is 9.20. The van der Waals surface area contributed by atoms with Crippen molar-refractivity contribution in [2.75, 3.05) is 31.3 Å². The number of anilines is 1. The zero-order valence-corrected chi connectivity index (χ0v) is 17.4. The number of hydrazone groups is 1. The van der Waals surface area contributed by atoms with Crippen LogP contribution in [0.2, 0.25) is 5.02 Å². The predicted molar refractivity (Wildman–Crippen MR) is 111 cm³/mol. The second-order valence-electron chi connectivity index (χ2n) is 6.93. The molecule has 0 unspecified atom stereocenters. The fourth-order valence-corrected chi connectivity index (χ4v) is 5.00. The molecule has 4 rings (SSSR count). The number of halogens is 1. The Hall–Kier alpha value is -2.42. The molecule has 0 spiro atoms. The van der Waals surface area contributed by atoms with Gasteiger partial charge in [0.2, 0.25) is 14.9 Å². The average molecular weight is 434 g/mol. The fraction of sp³-hybridized carbons (Fsp3) is 0.300. The number of sulfone groups is 1. The molecule has 0 N–H and O–H groups in total. The molecule has 1 amide bonds. The number of amides is 1. The summed E-state index contributed by atoms with van der Waals surface area (Å²) in [5.41, 5.74) is 2.10. The third-order valence-electron chi connectivity index (χ3n) is 4.91. The number of carbonyl (C=O) groups excluding carboxylic acids is 1. The standard InChI is InChI=1S/C20H20ClN3O4S/c1-14-6-7-18-17(12-14)24(13-15-4-2-3-5-16(15)21)22-19(29(18,26)27)20(25)23-8-10-28-11-9-23/h2-7,12H,8-11,13H2,1H3. The van der Waals surface area contributed by atoms with E-state index in [9.17, 15) is 13.2 Å². The predicted octanol–water partition coefficient (Wildman–Crippen LogP) is 2.61. The molecule has 0 atom stereocenters. The Morgan fingerprint density at radius 1 is 1.17 bits per heavy atom. The van der Waals surface area contributed by atoms with E-state index in [4.69, 9.17) is 16.3 Å². The third kappa shape index (κ3) is 3.75. The smallest absolute Gasteiger partial charge is 0.286 e. The van der Waals surface area contributed by atoms with Crippen LogP contribution in [0.4, 0.5) is 5.69 Å². The van der Waals surface area contributed by atoms with Gasteiger partial charge in [-0.1, -0.05) is 35.9 Å². The molecule has 0 bridgehead atoms. The molecule has 2 aromatic rings. The normalized spacial score (nSPS) is 18.2. The maximum atomic E-state index is 13.2. The largest absolute Gasteiger partial charge is 0.378 e. The number of ether oxygens (including phenoxy) is 1. The highest BCUT2D eigenvalue weighted by Crippen LogP contribution is 2.34. The van der Waals surface area contributed by atoms with Crippen molar-refractivity contribution in [2.24, 2.45) is 5.10 Å². The summed E-state index contributed by atoms with van der Waals surface area (Å²) in [5.74, 6) is -0.608. The SMILES string of the molecule is Cc1ccc2c(c1)N(Cc1ccccc1Cl)N=C(C(=O)N1CCOCC1)S2(=O)=O. The van der Waals surface area contributed by atoms with Gasteiger partial charge in [0.05, 0.1) is 30.3 Å². The lowest BCUT2D eigenvalue weighted by molar-refractivity contribution is -0.127. The topological polar surface area (TPSA) is 79.3 Å². The quantitative estimate of drug-likeness (QED) is 0.743. The van der Waals surface area contributed by atoms with E-state index in [1.165, 1.54) is 16.0 Å². The third-order valence-corrected chi connectivity index (χ3v) is 6.97. The van der Waals surface area contributed by atoms with Gasteiger partial charge >= 0.3 is 0 Å². The maximum absolute atomic E-state index is 13.2. The number of morpholine rings is 1. The number of benzene rings is 2. The van der Waals surface area contributed by atoms with Crippen molar-refractivity contribution in [3.63, 3.8) is 0 Å². The van der Waals surface area contributed by atoms with Crippen molar-refractivity contribution in [1.82, 2.24) is 4.90 Å². The molecule has 1 fully saturated rings. The van der Waals surface area contributed by atoms with Crippen LogP contribution in [0.25, 0.3) is 0 Å². The summed E-state index contributed by atoms with van der Waals surface area (Å²) in [5, 5.41) is 5.92. The molecule has 0 saturated carbocycles. The van der Waals surface area contributed by atoms with Crippen LogP contribution < -0.4 is 5.01 Å². The molecule has 7 nitrogen and oxygen atoms in total. The summed E-state index contributed by atoms with van der Waals surface area (Å²) < 4.78 is 31.7. The van der Waals surface area contributed by atoms with Gasteiger partial charge in [-0.15, -0.1) is 0 Å². The second kappa shape index (κ2) is 7.78. The summed E-state index contributed by atoms with van der Waals surface area (Å²) in [6.07, 6.45) is 0. The van der Waals surface area contributed by atoms with Crippen LogP contribution in [0, 0.1) is 6.92 Å². The van der Waals surface area contributed by atoms with E-state index in [0.29, 0.717) is 37.0 Å². The van der Waals surface area contributed by atoms with Crippen LogP contribution in [0.1, 0.15) is 11.1 Å². The van der Waals surface area contributed by atoms with Crippen molar-refractivity contribution in [1.29, 1.82) is 0 Å². The molecule has 1 saturated heterocycles. The highest BCUT2D eigenvalue weighted by atomic mass is 35.5. The highest BCUT2D eigenvalue weighted by molar-refractivity contribution is 8.08. The Bertz CT molecular complexity index is 1090. The van der Waals surface area contributed by atoms with Gasteiger partial charge < -0.3 is 9.64 Å². The van der Waals surface area contributed by atoms with Crippen LogP contribution >= 0.6 is 11.6 Å². The Morgan fingerprint density at radius 3 is 2.62 bits per heavy atom. The Balaban J connectivity index is 1.80. The zero-order chi connectivity index (χ0) is 20.6. The Kier molecular flexibility index (Phi) is 5.33. The van der Waals surface area contributed by atoms with E-state index < -0.39 is 20.8 Å². The Labute approximate surface area is 174 Å². The molecule has 29 heavy (non-hydrogen) atoms. The minimum absolute atomic E-state index is 0.0711. The van der Waals surface area contributed by atoms with E-state index >= 15 is 0 Å². The van der Waals surface area contributed by atoms with Gasteiger partial charge in [0.15, 0.2) is 0 Å². The van der Waals surface area contributed by atoms with Gasteiger partial charge in [-0.05, 0) is 36.2 Å². The number of nitrogens with zero attached hydrogens (tertiary/aromatic N) is 3. The number of rotatable bonds is 3. The molecule has 0 radical (unpaired) electrons. The molecule has 2 aliphatic heterocycles. The monoisotopic (exact) mass is 433 g/mol. The first-order valence-corrected chi connectivity index (χ1v) is 11.1. The van der Waals surface area contributed by atoms with Gasteiger partial charge in [-0.3, -0.25) is 9.80 Å². The summed E-state index contributed by atoms with van der Waals surface area (Å²) in [6.45, 7) is 3.53. The van der Waals surface area contributed by atoms with E-state index in [-0.39, 0.29) is 11.4 Å². The average Bonchev–Trinajstić information content (AvgIpc) is 2.71. The number of hydrogen-bond donors (Lipinski definition) is 0. The summed E-state index contributed by atoms with van der Waals surface area (Å²) in [6, 6.07) is 12.3. The van der Waals surface area contributed by atoms with E-state index in [1.54, 1.807) is 18.2 Å². The minimum atomic E-state index is -4.04. The number of hydrogen-bond acceptors (Lipinski definition) is 6. The van der Waals surface area contributed by atoms with Gasteiger partial charge in [0.1, 0.15) is 0 Å². The molecule has 0 aliphatic carbocycles. The van der Waals surface area contributed by atoms with E-state index in [0.717, 1.165) is 11.1 Å². The lowest BCUT2D eigenvalue weighted by Crippen LogP contribution is -2.47. The number of aryl methyl sites for hydroxylation is 1. The summed E-state index contributed by atoms with van der Waals surface area (Å²) in [4.78, 5) is 14.6. The molecular weight excluding hydrogens is 414 g/mol. The molecule has 2 heterocycles. The molecule has 152 valence electrons. The van der Waals surface area contributed by atoms with Gasteiger partial charge in [-0.2, -0.15) is 5.10 Å². The summed E-state index contributed by atoms with van der Waals surface area (Å²) >= 11 is 6.30. The van der Waals surface area contributed by atoms with Crippen molar-refractivity contribution < 1.29 is 17.9 Å². The van der Waals surface area contributed by atoms with Crippen molar-refractivity contribution in [3.05, 3.63) is 58.6 Å². The van der Waals surface area contributed by atoms with Gasteiger partial charge in [-0.25, -0.2) is 8.42 Å². The maximum Gasteiger partial charge on any atom is 0.286 e. The molecule has 2 aliphatic rings. The molecular formula is C20H20ClN3O4S. The lowest BCUT2D eigenvalue weighted by atomic mass is 10.2. The van der Waals surface area contributed by atoms with Crippen molar-refractivity contribution >= 4 is 38.1 Å². The van der Waals surface area contributed by atoms with Gasteiger partial charge in [0, 0.05) is 18.1 Å². The summed E-state index contributed by atoms with van der Waals surface area (Å²) in [7, 11) is -4.04. The van der Waals surface area contributed by atoms with Crippen molar-refractivity contribution in [3.8, 4) is 0 Å². The second-order valence-corrected chi connectivity index (χ2v) is 9.17. The van der Waals surface area contributed by atoms with E-state index in [1.807, 2.05) is 25.1 Å². The van der Waals surface area contributed by atoms with E-state index in [2.05, 4.69) is 5.10 Å². The van der Waals surface area contributed by atoms with Crippen LogP contribution in [0.5, 0.6) is 0 Å². The Morgan fingerprint density at radius 2 is 1.90 bits per heavy atom. The van der Waals surface area contributed by atoms with Gasteiger partial charge in [0.25, 0.3) is 5.91 Å². The molecule has 0 aromatic heterocycles. The van der Waals surface area contributed by atoms with Crippen LogP contribution in [-0.4, -0.2) is 50.6 Å². The molecule has 9 heteroatoms. The van der Waals surface area contributed by atoms with Crippen LogP contribution in [-0.2, 0) is 25.9 Å². The fourth-order valence-electron chi connectivity index (χ4n) is 3.35.